The van der Waals surface area contributed by atoms with Crippen molar-refractivity contribution in [3.63, 3.8) is 0 Å². The molecule has 6 heteroatoms. The van der Waals surface area contributed by atoms with Crippen LogP contribution in [0.3, 0.4) is 0 Å². The monoisotopic (exact) mass is 457 g/mol. The van der Waals surface area contributed by atoms with Crippen molar-refractivity contribution < 1.29 is 9.53 Å². The summed E-state index contributed by atoms with van der Waals surface area (Å²) < 4.78 is 10.4. The number of aromatic nitrogens is 2. The number of nitrogens with one attached hydrogen (secondary N) is 1. The van der Waals surface area contributed by atoms with E-state index in [0.29, 0.717) is 22.9 Å². The summed E-state index contributed by atoms with van der Waals surface area (Å²) in [5, 5.41) is 3.56. The number of rotatable bonds is 9. The maximum absolute atomic E-state index is 12.8. The Morgan fingerprint density at radius 1 is 1.00 bits per heavy atom. The van der Waals surface area contributed by atoms with Gasteiger partial charge in [0.25, 0.3) is 11.1 Å². The highest BCUT2D eigenvalue weighted by Gasteiger charge is 2.14. The molecule has 5 nitrogen and oxygen atoms in total. The fraction of sp³-hybridized carbons (Fsp3) is 0.222. The summed E-state index contributed by atoms with van der Waals surface area (Å²) in [6.07, 6.45) is 2.45. The Bertz CT molecular complexity index is 1190. The van der Waals surface area contributed by atoms with Crippen LogP contribution < -0.4 is 10.1 Å². The Hall–Kier alpha value is -3.51. The first-order valence-corrected chi connectivity index (χ1v) is 11.8. The molecule has 1 N–H and O–H groups in total. The van der Waals surface area contributed by atoms with E-state index in [0.717, 1.165) is 29.8 Å². The molecule has 1 atom stereocenters. The number of hydrogen-bond acceptors (Lipinski definition) is 5. The molecule has 0 bridgehead atoms. The molecule has 1 unspecified atom stereocenters. The molecule has 0 aliphatic carbocycles. The number of carbonyl (C=O) groups is 1. The summed E-state index contributed by atoms with van der Waals surface area (Å²) in [4.78, 5) is 17.3. The third kappa shape index (κ3) is 6.49. The summed E-state index contributed by atoms with van der Waals surface area (Å²) in [6.45, 7) is 3.98. The minimum absolute atomic E-state index is 0.0621. The Labute approximate surface area is 198 Å². The van der Waals surface area contributed by atoms with Crippen molar-refractivity contribution in [2.75, 3.05) is 0 Å². The molecule has 0 saturated carbocycles. The highest BCUT2D eigenvalue weighted by Crippen LogP contribution is 2.28. The molecule has 4 rings (SSSR count). The second-order valence-corrected chi connectivity index (χ2v) is 8.83. The number of hydrogen-bond donors (Lipinski definition) is 1. The number of benzene rings is 3. The third-order valence-corrected chi connectivity index (χ3v) is 6.02. The molecule has 4 aromatic rings. The number of ether oxygens (including phenoxy) is 1. The van der Waals surface area contributed by atoms with Crippen LogP contribution in [0.4, 0.5) is 0 Å². The molecule has 1 heterocycles. The van der Waals surface area contributed by atoms with E-state index in [2.05, 4.69) is 38.9 Å². The number of amides is 1. The van der Waals surface area contributed by atoms with Gasteiger partial charge in [-0.2, -0.15) is 9.36 Å². The predicted octanol–water partition coefficient (Wildman–Crippen LogP) is 5.98. The molecular formula is C27H27N3O2S. The number of nitrogens with zero attached hydrogens (tertiary/aromatic N) is 2. The predicted molar refractivity (Wildman–Crippen MR) is 132 cm³/mol. The van der Waals surface area contributed by atoms with E-state index in [1.807, 2.05) is 62.4 Å². The molecule has 1 aromatic heterocycles. The van der Waals surface area contributed by atoms with E-state index in [9.17, 15) is 4.79 Å². The first-order valence-electron chi connectivity index (χ1n) is 11.1. The lowest BCUT2D eigenvalue weighted by Crippen LogP contribution is -2.32. The van der Waals surface area contributed by atoms with Gasteiger partial charge in [-0.05, 0) is 55.5 Å². The van der Waals surface area contributed by atoms with E-state index in [4.69, 9.17) is 4.74 Å². The Morgan fingerprint density at radius 3 is 2.42 bits per heavy atom. The largest absolute Gasteiger partial charge is 0.430 e. The summed E-state index contributed by atoms with van der Waals surface area (Å²) in [5.41, 5.74) is 3.92. The van der Waals surface area contributed by atoms with Crippen molar-refractivity contribution in [3.05, 3.63) is 107 Å². The number of aryl methyl sites for hydroxylation is 2. The van der Waals surface area contributed by atoms with Crippen molar-refractivity contribution in [1.82, 2.24) is 14.7 Å². The summed E-state index contributed by atoms with van der Waals surface area (Å²) in [7, 11) is 0. The van der Waals surface area contributed by atoms with Crippen molar-refractivity contribution in [2.24, 2.45) is 0 Å². The zero-order chi connectivity index (χ0) is 23.0. The Kier molecular flexibility index (Phi) is 7.47. The zero-order valence-corrected chi connectivity index (χ0v) is 19.6. The highest BCUT2D eigenvalue weighted by atomic mass is 32.1. The summed E-state index contributed by atoms with van der Waals surface area (Å²) >= 11 is 1.22. The average molecular weight is 458 g/mol. The van der Waals surface area contributed by atoms with Crippen LogP contribution in [0, 0.1) is 6.92 Å². The molecule has 168 valence electrons. The molecule has 33 heavy (non-hydrogen) atoms. The van der Waals surface area contributed by atoms with E-state index in [1.54, 1.807) is 6.07 Å². The van der Waals surface area contributed by atoms with Crippen LogP contribution in [0.2, 0.25) is 0 Å². The third-order valence-electron chi connectivity index (χ3n) is 5.39. The minimum Gasteiger partial charge on any atom is -0.430 e. The highest BCUT2D eigenvalue weighted by molar-refractivity contribution is 7.07. The van der Waals surface area contributed by atoms with Gasteiger partial charge in [0, 0.05) is 29.6 Å². The fourth-order valence-corrected chi connectivity index (χ4v) is 4.04. The Morgan fingerprint density at radius 2 is 1.70 bits per heavy atom. The van der Waals surface area contributed by atoms with E-state index in [1.165, 1.54) is 17.1 Å². The minimum atomic E-state index is -0.109. The van der Waals surface area contributed by atoms with Crippen LogP contribution in [0.5, 0.6) is 10.9 Å². The quantitative estimate of drug-likeness (QED) is 0.336. The van der Waals surface area contributed by atoms with Gasteiger partial charge in [0.05, 0.1) is 0 Å². The smallest absolute Gasteiger partial charge is 0.298 e. The van der Waals surface area contributed by atoms with Gasteiger partial charge in [-0.25, -0.2) is 0 Å². The summed E-state index contributed by atoms with van der Waals surface area (Å²) in [5.74, 6) is 1.23. The molecule has 1 amide bonds. The van der Waals surface area contributed by atoms with Gasteiger partial charge >= 0.3 is 0 Å². The van der Waals surface area contributed by atoms with Gasteiger partial charge in [0.1, 0.15) is 5.75 Å². The second kappa shape index (κ2) is 10.9. The normalized spacial score (nSPS) is 11.7. The van der Waals surface area contributed by atoms with Gasteiger partial charge in [0.15, 0.2) is 5.82 Å². The standard InChI is InChI=1S/C27H27N3O2S/c1-19-13-16-23(26(31)28-20(2)14-15-21-9-5-3-6-10-21)18-24(19)32-27-29-25(30-33-27)17-22-11-7-4-8-12-22/h3-13,16,18,20H,14-15,17H2,1-2H3,(H,28,31). The zero-order valence-electron chi connectivity index (χ0n) is 18.8. The van der Waals surface area contributed by atoms with Crippen LogP contribution in [0.1, 0.15) is 46.2 Å². The van der Waals surface area contributed by atoms with Gasteiger partial charge in [0.2, 0.25) is 0 Å². The maximum atomic E-state index is 12.8. The lowest BCUT2D eigenvalue weighted by molar-refractivity contribution is 0.0938. The molecule has 0 aliphatic rings. The second-order valence-electron chi connectivity index (χ2n) is 8.12. The van der Waals surface area contributed by atoms with Crippen LogP contribution >= 0.6 is 11.5 Å². The van der Waals surface area contributed by atoms with Crippen molar-refractivity contribution >= 4 is 17.4 Å². The molecule has 0 spiro atoms. The first kappa shape index (κ1) is 22.7. The van der Waals surface area contributed by atoms with Crippen molar-refractivity contribution in [2.45, 2.75) is 39.2 Å². The number of carbonyl (C=O) groups excluding carboxylic acids is 1. The van der Waals surface area contributed by atoms with Gasteiger partial charge in [-0.3, -0.25) is 4.79 Å². The molecule has 0 fully saturated rings. The van der Waals surface area contributed by atoms with Crippen LogP contribution in [-0.2, 0) is 12.8 Å². The molecule has 0 aliphatic heterocycles. The SMILES string of the molecule is Cc1ccc(C(=O)NC(C)CCc2ccccc2)cc1Oc1nc(Cc2ccccc2)ns1. The molecular weight excluding hydrogens is 430 g/mol. The topological polar surface area (TPSA) is 64.1 Å². The van der Waals surface area contributed by atoms with Crippen molar-refractivity contribution in [1.29, 1.82) is 0 Å². The van der Waals surface area contributed by atoms with Gasteiger partial charge < -0.3 is 10.1 Å². The molecule has 3 aromatic carbocycles. The maximum Gasteiger partial charge on any atom is 0.298 e. The van der Waals surface area contributed by atoms with Crippen LogP contribution in [0.15, 0.2) is 78.9 Å². The van der Waals surface area contributed by atoms with Crippen LogP contribution in [-0.4, -0.2) is 21.3 Å². The molecule has 0 radical (unpaired) electrons. The van der Waals surface area contributed by atoms with Crippen LogP contribution in [0.25, 0.3) is 0 Å². The van der Waals surface area contributed by atoms with Gasteiger partial charge in [-0.15, -0.1) is 0 Å². The lowest BCUT2D eigenvalue weighted by atomic mass is 10.1. The summed E-state index contributed by atoms with van der Waals surface area (Å²) in [6, 6.07) is 25.9. The fourth-order valence-electron chi connectivity index (χ4n) is 3.48. The lowest BCUT2D eigenvalue weighted by Gasteiger charge is -2.15. The van der Waals surface area contributed by atoms with E-state index in [-0.39, 0.29) is 11.9 Å². The Balaban J connectivity index is 1.36. The average Bonchev–Trinajstić information content (AvgIpc) is 3.27. The van der Waals surface area contributed by atoms with Crippen molar-refractivity contribution in [3.8, 4) is 10.9 Å². The van der Waals surface area contributed by atoms with E-state index >= 15 is 0 Å². The van der Waals surface area contributed by atoms with Gasteiger partial charge in [-0.1, -0.05) is 66.7 Å². The van der Waals surface area contributed by atoms with E-state index < -0.39 is 0 Å². The first-order chi connectivity index (χ1) is 16.1. The molecule has 0 saturated heterocycles.